The normalized spacial score (nSPS) is 12.7. The zero-order chi connectivity index (χ0) is 17.8. The molecule has 4 rings (SSSR count). The van der Waals surface area contributed by atoms with Gasteiger partial charge in [-0.25, -0.2) is 4.98 Å². The molecule has 0 radical (unpaired) electrons. The molecule has 7 heteroatoms. The van der Waals surface area contributed by atoms with Crippen LogP contribution >= 0.6 is 0 Å². The average molecular weight is 338 g/mol. The highest BCUT2D eigenvalue weighted by Gasteiger charge is 2.17. The number of aliphatic hydroxyl groups excluding tert-OH is 1. The summed E-state index contributed by atoms with van der Waals surface area (Å²) in [7, 11) is 1.00. The minimum atomic E-state index is 0.549. The molecule has 1 aliphatic carbocycles. The second-order valence-corrected chi connectivity index (χ2v) is 5.73. The molecule has 5 N–H and O–H groups in total. The van der Waals surface area contributed by atoms with Crippen LogP contribution in [0.5, 0.6) is 0 Å². The molecule has 0 spiro atoms. The Morgan fingerprint density at radius 2 is 2.16 bits per heavy atom. The van der Waals surface area contributed by atoms with Crippen molar-refractivity contribution in [3.63, 3.8) is 0 Å². The van der Waals surface area contributed by atoms with Crippen molar-refractivity contribution in [3.05, 3.63) is 53.6 Å². The van der Waals surface area contributed by atoms with E-state index >= 15 is 0 Å². The van der Waals surface area contributed by atoms with Crippen molar-refractivity contribution in [1.82, 2.24) is 14.4 Å². The largest absolute Gasteiger partial charge is 0.400 e. The lowest BCUT2D eigenvalue weighted by molar-refractivity contribution is 0.399. The predicted octanol–water partition coefficient (Wildman–Crippen LogP) is 1.90. The number of benzene rings is 1. The summed E-state index contributed by atoms with van der Waals surface area (Å²) in [6, 6.07) is 6.18. The summed E-state index contributed by atoms with van der Waals surface area (Å²) in [6.07, 6.45) is 7.87. The van der Waals surface area contributed by atoms with Gasteiger partial charge in [-0.2, -0.15) is 0 Å². The highest BCUT2D eigenvalue weighted by Crippen LogP contribution is 2.28. The van der Waals surface area contributed by atoms with E-state index in [2.05, 4.69) is 21.4 Å². The van der Waals surface area contributed by atoms with E-state index in [1.54, 1.807) is 12.4 Å². The van der Waals surface area contributed by atoms with Crippen LogP contribution in [0.25, 0.3) is 5.65 Å². The number of nitrogens with zero attached hydrogens (tertiary/aromatic N) is 3. The Balaban J connectivity index is 0.000000880. The summed E-state index contributed by atoms with van der Waals surface area (Å²) in [5, 5.41) is 18.4. The predicted molar refractivity (Wildman–Crippen MR) is 98.8 cm³/mol. The molecule has 7 nitrogen and oxygen atoms in total. The van der Waals surface area contributed by atoms with E-state index in [0.29, 0.717) is 13.0 Å². The van der Waals surface area contributed by atoms with Gasteiger partial charge in [-0.3, -0.25) is 9.38 Å². The van der Waals surface area contributed by atoms with Crippen LogP contribution in [0.2, 0.25) is 0 Å². The van der Waals surface area contributed by atoms with Crippen LogP contribution in [0, 0.1) is 5.41 Å². The maximum absolute atomic E-state index is 7.94. The summed E-state index contributed by atoms with van der Waals surface area (Å²) in [6.45, 7) is 0.549. The minimum absolute atomic E-state index is 0.549. The van der Waals surface area contributed by atoms with Gasteiger partial charge in [0.2, 0.25) is 0 Å². The molecule has 2 aromatic heterocycles. The van der Waals surface area contributed by atoms with Crippen molar-refractivity contribution < 1.29 is 5.11 Å². The van der Waals surface area contributed by atoms with Gasteiger partial charge in [0, 0.05) is 37.3 Å². The lowest BCUT2D eigenvalue weighted by Gasteiger charge is -2.10. The number of imidazole rings is 1. The van der Waals surface area contributed by atoms with Gasteiger partial charge in [0.15, 0.2) is 5.65 Å². The summed E-state index contributed by atoms with van der Waals surface area (Å²) in [5.74, 6) is 0.931. The molecule has 130 valence electrons. The van der Waals surface area contributed by atoms with Crippen molar-refractivity contribution in [2.75, 3.05) is 19.0 Å². The fourth-order valence-corrected chi connectivity index (χ4v) is 3.10. The van der Waals surface area contributed by atoms with Crippen LogP contribution in [-0.2, 0) is 12.8 Å². The van der Waals surface area contributed by atoms with Gasteiger partial charge in [-0.15, -0.1) is 0 Å². The van der Waals surface area contributed by atoms with Crippen LogP contribution < -0.4 is 11.1 Å². The summed E-state index contributed by atoms with van der Waals surface area (Å²) in [5.41, 5.74) is 11.5. The van der Waals surface area contributed by atoms with Crippen LogP contribution in [0.1, 0.15) is 23.2 Å². The molecule has 1 aromatic carbocycles. The maximum Gasteiger partial charge on any atom is 0.157 e. The first kappa shape index (κ1) is 17.1. The Morgan fingerprint density at radius 3 is 2.96 bits per heavy atom. The van der Waals surface area contributed by atoms with Crippen LogP contribution in [0.15, 0.2) is 36.8 Å². The first-order valence-electron chi connectivity index (χ1n) is 8.20. The van der Waals surface area contributed by atoms with Crippen molar-refractivity contribution in [2.24, 2.45) is 5.73 Å². The van der Waals surface area contributed by atoms with Crippen LogP contribution in [0.4, 0.5) is 11.5 Å². The summed E-state index contributed by atoms with van der Waals surface area (Å²) in [4.78, 5) is 8.73. The van der Waals surface area contributed by atoms with Crippen LogP contribution in [-0.4, -0.2) is 38.8 Å². The summed E-state index contributed by atoms with van der Waals surface area (Å²) >= 11 is 0. The lowest BCUT2D eigenvalue weighted by Crippen LogP contribution is -2.06. The lowest BCUT2D eigenvalue weighted by atomic mass is 10.1. The number of fused-ring (bicyclic) bond motifs is 2. The number of aromatic nitrogens is 3. The van der Waals surface area contributed by atoms with Gasteiger partial charge >= 0.3 is 0 Å². The van der Waals surface area contributed by atoms with Crippen molar-refractivity contribution in [2.45, 2.75) is 19.3 Å². The average Bonchev–Trinajstić information content (AvgIpc) is 3.18. The van der Waals surface area contributed by atoms with E-state index in [9.17, 15) is 0 Å². The van der Waals surface area contributed by atoms with Gasteiger partial charge in [0.1, 0.15) is 5.82 Å². The molecule has 1 aliphatic rings. The third-order valence-electron chi connectivity index (χ3n) is 4.22. The number of rotatable bonds is 4. The smallest absolute Gasteiger partial charge is 0.157 e. The number of hydrogen-bond acceptors (Lipinski definition) is 6. The molecule has 0 saturated carbocycles. The molecular weight excluding hydrogens is 316 g/mol. The van der Waals surface area contributed by atoms with Gasteiger partial charge < -0.3 is 21.6 Å². The molecule has 25 heavy (non-hydrogen) atoms. The van der Waals surface area contributed by atoms with E-state index in [1.807, 2.05) is 22.7 Å². The van der Waals surface area contributed by atoms with E-state index in [-0.39, 0.29) is 0 Å². The third-order valence-corrected chi connectivity index (χ3v) is 4.22. The molecule has 0 aliphatic heterocycles. The van der Waals surface area contributed by atoms with Crippen molar-refractivity contribution >= 4 is 22.9 Å². The Morgan fingerprint density at radius 1 is 1.32 bits per heavy atom. The fraction of sp³-hybridized carbons (Fsp3) is 0.278. The number of anilines is 2. The number of nitrogens with two attached hydrogens (primary N) is 1. The number of aliphatic hydroxyl groups is 1. The van der Waals surface area contributed by atoms with Crippen molar-refractivity contribution in [1.29, 1.82) is 5.41 Å². The van der Waals surface area contributed by atoms with E-state index in [4.69, 9.17) is 16.2 Å². The van der Waals surface area contributed by atoms with Gasteiger partial charge in [0.25, 0.3) is 0 Å². The van der Waals surface area contributed by atoms with E-state index in [0.717, 1.165) is 54.1 Å². The second-order valence-electron chi connectivity index (χ2n) is 5.73. The topological polar surface area (TPSA) is 112 Å². The Hall–Kier alpha value is -2.77. The molecule has 0 saturated heterocycles. The Labute approximate surface area is 146 Å². The molecule has 0 atom stereocenters. The first-order valence-corrected chi connectivity index (χ1v) is 8.20. The highest BCUT2D eigenvalue weighted by molar-refractivity contribution is 6.02. The maximum atomic E-state index is 7.94. The molecule has 0 fully saturated rings. The van der Waals surface area contributed by atoms with E-state index in [1.165, 1.54) is 5.56 Å². The fourth-order valence-electron chi connectivity index (χ4n) is 3.10. The number of nitrogens with one attached hydrogen (secondary N) is 2. The SMILES string of the molecule is CO.N=C1CCc2cc(Nc3c(CCN)nc4cnccn34)ccc21. The standard InChI is InChI=1S/C17H18N6.CH4O/c18-6-5-15-17(23-8-7-20-10-16(23)22-15)21-12-2-3-13-11(9-12)1-4-14(13)19;1-2/h2-3,7-10,19,21H,1,4-6,18H2;2H,1H3. The molecule has 2 heterocycles. The second kappa shape index (κ2) is 7.42. The Kier molecular flexibility index (Phi) is 5.06. The van der Waals surface area contributed by atoms with Gasteiger partial charge in [-0.05, 0) is 42.6 Å². The molecular formula is C18H22N6O. The van der Waals surface area contributed by atoms with Crippen LogP contribution in [0.3, 0.4) is 0 Å². The van der Waals surface area contributed by atoms with E-state index < -0.39 is 0 Å². The molecule has 0 unspecified atom stereocenters. The molecule has 3 aromatic rings. The molecule has 0 bridgehead atoms. The zero-order valence-electron chi connectivity index (χ0n) is 14.2. The monoisotopic (exact) mass is 338 g/mol. The minimum Gasteiger partial charge on any atom is -0.400 e. The van der Waals surface area contributed by atoms with Gasteiger partial charge in [-0.1, -0.05) is 6.07 Å². The first-order chi connectivity index (χ1) is 12.3. The number of aryl methyl sites for hydroxylation is 1. The Bertz CT molecular complexity index is 902. The quantitative estimate of drug-likeness (QED) is 0.580. The number of hydrogen-bond donors (Lipinski definition) is 4. The van der Waals surface area contributed by atoms with Gasteiger partial charge in [0.05, 0.1) is 11.9 Å². The zero-order valence-corrected chi connectivity index (χ0v) is 14.2. The molecule has 0 amide bonds. The van der Waals surface area contributed by atoms with Crippen molar-refractivity contribution in [3.8, 4) is 0 Å². The summed E-state index contributed by atoms with van der Waals surface area (Å²) < 4.78 is 1.99. The third kappa shape index (κ3) is 3.24. The highest BCUT2D eigenvalue weighted by atomic mass is 16.2.